The van der Waals surface area contributed by atoms with Crippen LogP contribution in [0.1, 0.15) is 28.7 Å². The summed E-state index contributed by atoms with van der Waals surface area (Å²) in [7, 11) is 0. The van der Waals surface area contributed by atoms with Crippen molar-refractivity contribution in [1.29, 1.82) is 0 Å². The first kappa shape index (κ1) is 20.2. The van der Waals surface area contributed by atoms with Crippen LogP contribution in [0.2, 0.25) is 0 Å². The Balaban J connectivity index is 1.67. The molecule has 29 heavy (non-hydrogen) atoms. The third-order valence-corrected chi connectivity index (χ3v) is 4.64. The van der Waals surface area contributed by atoms with Gasteiger partial charge in [-0.2, -0.15) is 0 Å². The van der Waals surface area contributed by atoms with Crippen LogP contribution < -0.4 is 4.74 Å². The van der Waals surface area contributed by atoms with E-state index in [0.717, 1.165) is 28.5 Å². The molecule has 3 heteroatoms. The monoisotopic (exact) mass is 384 g/mol. The number of carbonyl (C=O) groups is 1. The van der Waals surface area contributed by atoms with Gasteiger partial charge in [0.25, 0.3) is 0 Å². The Morgan fingerprint density at radius 3 is 2.41 bits per heavy atom. The van der Waals surface area contributed by atoms with Gasteiger partial charge in [-0.25, -0.2) is 4.79 Å². The van der Waals surface area contributed by atoms with Gasteiger partial charge in [-0.1, -0.05) is 48.8 Å². The zero-order valence-corrected chi connectivity index (χ0v) is 16.8. The standard InChI is InChI=1S/C26H24O3/c1-4-26(27)29-17-7-16-28-23-15-14-21(20(3)18-23)12-13-22-11-10-19(2)24-8-5-6-9-25(22)24/h4-6,8-11,14-15,18H,1,7,16-17H2,2-3H3. The molecule has 0 N–H and O–H groups in total. The molecule has 3 aromatic carbocycles. The number of aryl methyl sites for hydroxylation is 2. The summed E-state index contributed by atoms with van der Waals surface area (Å²) < 4.78 is 10.7. The highest BCUT2D eigenvalue weighted by Gasteiger charge is 2.02. The largest absolute Gasteiger partial charge is 0.493 e. The van der Waals surface area contributed by atoms with E-state index in [1.54, 1.807) is 0 Å². The van der Waals surface area contributed by atoms with Crippen LogP contribution in [0.3, 0.4) is 0 Å². The molecule has 3 aromatic rings. The molecule has 0 heterocycles. The summed E-state index contributed by atoms with van der Waals surface area (Å²) in [6, 6.07) is 18.4. The van der Waals surface area contributed by atoms with Crippen molar-refractivity contribution in [1.82, 2.24) is 0 Å². The number of benzene rings is 3. The SMILES string of the molecule is C=CC(=O)OCCCOc1ccc(C#Cc2ccc(C)c3ccccc23)c(C)c1. The first-order chi connectivity index (χ1) is 14.1. The van der Waals surface area contributed by atoms with Gasteiger partial charge in [-0.3, -0.25) is 0 Å². The first-order valence-corrected chi connectivity index (χ1v) is 9.61. The lowest BCUT2D eigenvalue weighted by Gasteiger charge is -2.08. The molecule has 3 nitrogen and oxygen atoms in total. The zero-order chi connectivity index (χ0) is 20.6. The number of fused-ring (bicyclic) bond motifs is 1. The molecule has 0 atom stereocenters. The molecule has 0 bridgehead atoms. The Morgan fingerprint density at radius 2 is 1.66 bits per heavy atom. The molecule has 0 aromatic heterocycles. The summed E-state index contributed by atoms with van der Waals surface area (Å²) in [5.41, 5.74) is 4.31. The van der Waals surface area contributed by atoms with Crippen LogP contribution in [0.15, 0.2) is 67.3 Å². The van der Waals surface area contributed by atoms with Crippen molar-refractivity contribution in [3.8, 4) is 17.6 Å². The summed E-state index contributed by atoms with van der Waals surface area (Å²) in [6.07, 6.45) is 1.78. The van der Waals surface area contributed by atoms with Gasteiger partial charge in [-0.15, -0.1) is 0 Å². The van der Waals surface area contributed by atoms with Crippen LogP contribution in [0.5, 0.6) is 5.75 Å². The number of hydrogen-bond donors (Lipinski definition) is 0. The molecule has 0 aliphatic heterocycles. The summed E-state index contributed by atoms with van der Waals surface area (Å²) in [6.45, 7) is 8.30. The number of esters is 1. The molecule has 0 fully saturated rings. The topological polar surface area (TPSA) is 35.5 Å². The van der Waals surface area contributed by atoms with Gasteiger partial charge in [0.1, 0.15) is 5.75 Å². The van der Waals surface area contributed by atoms with Gasteiger partial charge in [0.05, 0.1) is 13.2 Å². The van der Waals surface area contributed by atoms with E-state index in [-0.39, 0.29) is 0 Å². The number of hydrogen-bond acceptors (Lipinski definition) is 3. The molecule has 146 valence electrons. The predicted octanol–water partition coefficient (Wildman–Crippen LogP) is 5.35. The normalized spacial score (nSPS) is 10.1. The van der Waals surface area contributed by atoms with Crippen molar-refractivity contribution in [3.63, 3.8) is 0 Å². The minimum atomic E-state index is -0.412. The Hall–Kier alpha value is -3.51. The van der Waals surface area contributed by atoms with E-state index in [1.165, 1.54) is 16.3 Å². The van der Waals surface area contributed by atoms with Crippen molar-refractivity contribution >= 4 is 16.7 Å². The van der Waals surface area contributed by atoms with Gasteiger partial charge in [-0.05, 0) is 60.0 Å². The van der Waals surface area contributed by atoms with Gasteiger partial charge in [0, 0.05) is 23.6 Å². The van der Waals surface area contributed by atoms with Crippen molar-refractivity contribution in [2.75, 3.05) is 13.2 Å². The van der Waals surface area contributed by atoms with Gasteiger partial charge in [0.2, 0.25) is 0 Å². The zero-order valence-electron chi connectivity index (χ0n) is 16.8. The molecule has 0 radical (unpaired) electrons. The minimum absolute atomic E-state index is 0.317. The van der Waals surface area contributed by atoms with Gasteiger partial charge in [0.15, 0.2) is 0 Å². The second-order valence-corrected chi connectivity index (χ2v) is 6.78. The van der Waals surface area contributed by atoms with E-state index < -0.39 is 5.97 Å². The maximum absolute atomic E-state index is 11.0. The van der Waals surface area contributed by atoms with E-state index >= 15 is 0 Å². The first-order valence-electron chi connectivity index (χ1n) is 9.61. The predicted molar refractivity (Wildman–Crippen MR) is 117 cm³/mol. The molecule has 3 rings (SSSR count). The molecular formula is C26H24O3. The molecule has 0 spiro atoms. The van der Waals surface area contributed by atoms with Crippen molar-refractivity contribution in [2.45, 2.75) is 20.3 Å². The number of carbonyl (C=O) groups excluding carboxylic acids is 1. The maximum atomic E-state index is 11.0. The van der Waals surface area contributed by atoms with E-state index in [2.05, 4.69) is 55.7 Å². The molecule has 0 unspecified atom stereocenters. The average molecular weight is 384 g/mol. The van der Waals surface area contributed by atoms with Crippen LogP contribution in [0.4, 0.5) is 0 Å². The van der Waals surface area contributed by atoms with E-state index in [0.29, 0.717) is 19.6 Å². The lowest BCUT2D eigenvalue weighted by molar-refractivity contribution is -0.137. The smallest absolute Gasteiger partial charge is 0.330 e. The van der Waals surface area contributed by atoms with E-state index in [9.17, 15) is 4.79 Å². The summed E-state index contributed by atoms with van der Waals surface area (Å²) >= 11 is 0. The fourth-order valence-corrected chi connectivity index (χ4v) is 3.04. The molecule has 0 amide bonds. The number of ether oxygens (including phenoxy) is 2. The summed E-state index contributed by atoms with van der Waals surface area (Å²) in [5.74, 6) is 6.98. The Bertz CT molecular complexity index is 1100. The lowest BCUT2D eigenvalue weighted by atomic mass is 10.00. The third-order valence-electron chi connectivity index (χ3n) is 4.64. The van der Waals surface area contributed by atoms with E-state index in [4.69, 9.17) is 9.47 Å². The maximum Gasteiger partial charge on any atom is 0.330 e. The van der Waals surface area contributed by atoms with Gasteiger partial charge >= 0.3 is 5.97 Å². The second-order valence-electron chi connectivity index (χ2n) is 6.78. The highest BCUT2D eigenvalue weighted by atomic mass is 16.5. The molecule has 0 aliphatic rings. The van der Waals surface area contributed by atoms with Crippen LogP contribution in [-0.4, -0.2) is 19.2 Å². The lowest BCUT2D eigenvalue weighted by Crippen LogP contribution is -2.06. The molecular weight excluding hydrogens is 360 g/mol. The second kappa shape index (κ2) is 9.61. The molecule has 0 aliphatic carbocycles. The Labute approximate surface area is 172 Å². The average Bonchev–Trinajstić information content (AvgIpc) is 2.74. The van der Waals surface area contributed by atoms with Crippen LogP contribution in [-0.2, 0) is 9.53 Å². The molecule has 0 saturated carbocycles. The highest BCUT2D eigenvalue weighted by molar-refractivity contribution is 5.90. The Morgan fingerprint density at radius 1 is 0.931 bits per heavy atom. The fraction of sp³-hybridized carbons (Fsp3) is 0.192. The van der Waals surface area contributed by atoms with Crippen molar-refractivity contribution < 1.29 is 14.3 Å². The van der Waals surface area contributed by atoms with Crippen LogP contribution >= 0.6 is 0 Å². The fourth-order valence-electron chi connectivity index (χ4n) is 3.04. The summed E-state index contributed by atoms with van der Waals surface area (Å²) in [5, 5.41) is 2.41. The summed E-state index contributed by atoms with van der Waals surface area (Å²) in [4.78, 5) is 11.0. The van der Waals surface area contributed by atoms with Crippen LogP contribution in [0.25, 0.3) is 10.8 Å². The highest BCUT2D eigenvalue weighted by Crippen LogP contribution is 2.22. The molecule has 0 saturated heterocycles. The van der Waals surface area contributed by atoms with Crippen molar-refractivity contribution in [2.24, 2.45) is 0 Å². The van der Waals surface area contributed by atoms with Crippen molar-refractivity contribution in [3.05, 3.63) is 89.5 Å². The van der Waals surface area contributed by atoms with Gasteiger partial charge < -0.3 is 9.47 Å². The van der Waals surface area contributed by atoms with E-state index in [1.807, 2.05) is 31.2 Å². The Kier molecular flexibility index (Phi) is 6.71. The minimum Gasteiger partial charge on any atom is -0.493 e. The number of rotatable bonds is 6. The quantitative estimate of drug-likeness (QED) is 0.249. The third kappa shape index (κ3) is 5.27. The van der Waals surface area contributed by atoms with Crippen LogP contribution in [0, 0.1) is 25.7 Å².